The van der Waals surface area contributed by atoms with Crippen LogP contribution in [-0.2, 0) is 16.0 Å². The van der Waals surface area contributed by atoms with Crippen LogP contribution in [0.25, 0.3) is 10.2 Å². The maximum atomic E-state index is 12.4. The zero-order valence-electron chi connectivity index (χ0n) is 18.7. The lowest BCUT2D eigenvalue weighted by Gasteiger charge is -2.35. The first-order chi connectivity index (χ1) is 14.8. The van der Waals surface area contributed by atoms with Gasteiger partial charge in [0.05, 0.1) is 5.39 Å². The summed E-state index contributed by atoms with van der Waals surface area (Å²) in [7, 11) is 1.82. The summed E-state index contributed by atoms with van der Waals surface area (Å²) in [6.45, 7) is 5.65. The van der Waals surface area contributed by atoms with Crippen LogP contribution in [0.15, 0.2) is 6.33 Å². The van der Waals surface area contributed by atoms with Gasteiger partial charge in [0.2, 0.25) is 5.88 Å². The maximum absolute atomic E-state index is 12.4. The first kappa shape index (κ1) is 22.0. The van der Waals surface area contributed by atoms with Crippen LogP contribution in [0.4, 0.5) is 4.79 Å². The molecule has 8 heteroatoms. The van der Waals surface area contributed by atoms with Gasteiger partial charge in [-0.15, -0.1) is 11.3 Å². The van der Waals surface area contributed by atoms with E-state index in [4.69, 9.17) is 9.47 Å². The normalized spacial score (nSPS) is 23.4. The fraction of sp³-hybridized carbons (Fsp3) is 0.652. The molecule has 2 aliphatic rings. The highest BCUT2D eigenvalue weighted by molar-refractivity contribution is 7.19. The predicted molar refractivity (Wildman–Crippen MR) is 120 cm³/mol. The number of aldehydes is 1. The Morgan fingerprint density at radius 2 is 1.97 bits per heavy atom. The average Bonchev–Trinajstić information content (AvgIpc) is 3.27. The Bertz CT molecular complexity index is 960. The van der Waals surface area contributed by atoms with E-state index in [9.17, 15) is 9.59 Å². The average molecular weight is 446 g/mol. The molecule has 1 fully saturated rings. The van der Waals surface area contributed by atoms with Crippen LogP contribution in [-0.4, -0.2) is 52.0 Å². The summed E-state index contributed by atoms with van der Waals surface area (Å²) in [5, 5.41) is 1.000. The van der Waals surface area contributed by atoms with E-state index >= 15 is 0 Å². The molecule has 0 radical (unpaired) electrons. The minimum Gasteiger partial charge on any atom is -0.474 e. The molecule has 2 aromatic heterocycles. The van der Waals surface area contributed by atoms with Gasteiger partial charge in [-0.3, -0.25) is 0 Å². The Hall–Kier alpha value is -2.22. The molecule has 0 unspecified atom stereocenters. The molecule has 0 saturated heterocycles. The lowest BCUT2D eigenvalue weighted by molar-refractivity contribution is -0.108. The summed E-state index contributed by atoms with van der Waals surface area (Å²) in [6.07, 6.45) is 8.34. The molecule has 0 aromatic carbocycles. The van der Waals surface area contributed by atoms with Crippen molar-refractivity contribution in [2.45, 2.75) is 89.4 Å². The Labute approximate surface area is 187 Å². The number of aromatic nitrogens is 2. The molecule has 31 heavy (non-hydrogen) atoms. The summed E-state index contributed by atoms with van der Waals surface area (Å²) in [5.74, 6) is 0.886. The number of fused-ring (bicyclic) bond motifs is 3. The number of nitrogens with zero attached hydrogens (tertiary/aromatic N) is 3. The quantitative estimate of drug-likeness (QED) is 0.611. The zero-order valence-corrected chi connectivity index (χ0v) is 19.5. The number of hydrogen-bond acceptors (Lipinski definition) is 7. The second kappa shape index (κ2) is 8.73. The van der Waals surface area contributed by atoms with Crippen LogP contribution in [0, 0.1) is 0 Å². The van der Waals surface area contributed by atoms with Crippen LogP contribution >= 0.6 is 11.3 Å². The monoisotopic (exact) mass is 445 g/mol. The fourth-order valence-electron chi connectivity index (χ4n) is 4.67. The third kappa shape index (κ3) is 4.68. The number of ether oxygens (including phenoxy) is 2. The van der Waals surface area contributed by atoms with Gasteiger partial charge >= 0.3 is 6.09 Å². The number of carbonyl (C=O) groups excluding carboxylic acids is 2. The number of thiophene rings is 1. The molecule has 4 rings (SSSR count). The second-order valence-corrected chi connectivity index (χ2v) is 10.7. The van der Waals surface area contributed by atoms with E-state index in [2.05, 4.69) is 9.97 Å². The minimum atomic E-state index is -0.494. The highest BCUT2D eigenvalue weighted by atomic mass is 32.1. The molecule has 1 atom stereocenters. The summed E-state index contributed by atoms with van der Waals surface area (Å²) in [5.41, 5.74) is 0.730. The molecular formula is C23H31N3O4S. The van der Waals surface area contributed by atoms with Crippen molar-refractivity contribution in [1.29, 1.82) is 0 Å². The Balaban J connectivity index is 1.44. The van der Waals surface area contributed by atoms with Crippen molar-refractivity contribution in [2.24, 2.45) is 0 Å². The van der Waals surface area contributed by atoms with Gasteiger partial charge in [-0.05, 0) is 70.8 Å². The molecule has 7 nitrogen and oxygen atoms in total. The van der Waals surface area contributed by atoms with E-state index in [0.717, 1.165) is 55.0 Å². The Morgan fingerprint density at radius 1 is 1.23 bits per heavy atom. The van der Waals surface area contributed by atoms with Crippen molar-refractivity contribution in [2.75, 3.05) is 7.05 Å². The summed E-state index contributed by atoms with van der Waals surface area (Å²) >= 11 is 1.70. The minimum absolute atomic E-state index is 0.0582. The highest BCUT2D eigenvalue weighted by Gasteiger charge is 2.33. The van der Waals surface area contributed by atoms with Crippen molar-refractivity contribution in [1.82, 2.24) is 14.9 Å². The Morgan fingerprint density at radius 3 is 2.65 bits per heavy atom. The number of amides is 1. The third-order valence-electron chi connectivity index (χ3n) is 6.23. The van der Waals surface area contributed by atoms with Gasteiger partial charge in [-0.1, -0.05) is 0 Å². The van der Waals surface area contributed by atoms with Gasteiger partial charge in [-0.25, -0.2) is 14.8 Å². The zero-order chi connectivity index (χ0) is 22.2. The van der Waals surface area contributed by atoms with Crippen molar-refractivity contribution >= 4 is 33.9 Å². The largest absolute Gasteiger partial charge is 0.474 e. The number of carbonyl (C=O) groups is 2. The van der Waals surface area contributed by atoms with Gasteiger partial charge < -0.3 is 19.2 Å². The number of aryl methyl sites for hydroxylation is 1. The molecule has 168 valence electrons. The van der Waals surface area contributed by atoms with Crippen LogP contribution in [0.1, 0.15) is 75.7 Å². The van der Waals surface area contributed by atoms with E-state index in [1.807, 2.05) is 27.8 Å². The summed E-state index contributed by atoms with van der Waals surface area (Å²) in [6, 6.07) is 0.155. The van der Waals surface area contributed by atoms with Crippen molar-refractivity contribution in [3.05, 3.63) is 16.8 Å². The lowest BCUT2D eigenvalue weighted by atomic mass is 9.92. The van der Waals surface area contributed by atoms with Gasteiger partial charge in [0.1, 0.15) is 29.1 Å². The van der Waals surface area contributed by atoms with Crippen LogP contribution in [0.5, 0.6) is 5.88 Å². The predicted octanol–water partition coefficient (Wildman–Crippen LogP) is 4.87. The molecule has 0 spiro atoms. The molecule has 0 bridgehead atoms. The van der Waals surface area contributed by atoms with Crippen molar-refractivity contribution in [3.8, 4) is 5.88 Å². The molecule has 2 aliphatic carbocycles. The van der Waals surface area contributed by atoms with Gasteiger partial charge in [0.15, 0.2) is 0 Å². The maximum Gasteiger partial charge on any atom is 0.410 e. The number of rotatable bonds is 5. The SMILES string of the molecule is CN(C(=O)OC(C)(C)C)[C@H]1CC[C@@H](Oc2ncnc3sc4c(c23)[C@@H](CC=O)CC4)CC1. The van der Waals surface area contributed by atoms with Gasteiger partial charge in [0.25, 0.3) is 0 Å². The Kier molecular flexibility index (Phi) is 6.19. The first-order valence-electron chi connectivity index (χ1n) is 11.1. The molecule has 2 heterocycles. The molecule has 0 N–H and O–H groups in total. The van der Waals surface area contributed by atoms with Crippen LogP contribution in [0.3, 0.4) is 0 Å². The number of hydrogen-bond donors (Lipinski definition) is 0. The van der Waals surface area contributed by atoms with E-state index in [1.54, 1.807) is 22.6 Å². The fourth-order valence-corrected chi connectivity index (χ4v) is 5.90. The summed E-state index contributed by atoms with van der Waals surface area (Å²) in [4.78, 5) is 36.4. The van der Waals surface area contributed by atoms with Gasteiger partial charge in [0, 0.05) is 24.4 Å². The standard InChI is InChI=1S/C23H31N3O4S/c1-23(2,3)30-22(28)26(4)15-6-8-16(9-7-15)29-20-19-18-14(11-12-27)5-10-17(18)31-21(19)25-13-24-20/h12-16H,5-11H2,1-4H3/t14-,15-,16+/m1/s1. The lowest BCUT2D eigenvalue weighted by Crippen LogP contribution is -2.43. The smallest absolute Gasteiger partial charge is 0.410 e. The van der Waals surface area contributed by atoms with E-state index in [1.165, 1.54) is 10.4 Å². The molecule has 0 aliphatic heterocycles. The second-order valence-electron chi connectivity index (χ2n) is 9.58. The highest BCUT2D eigenvalue weighted by Crippen LogP contribution is 2.47. The topological polar surface area (TPSA) is 81.6 Å². The van der Waals surface area contributed by atoms with Crippen LogP contribution in [0.2, 0.25) is 0 Å². The molecule has 1 saturated carbocycles. The first-order valence-corrected chi connectivity index (χ1v) is 11.9. The van der Waals surface area contributed by atoms with E-state index in [-0.39, 0.29) is 24.2 Å². The van der Waals surface area contributed by atoms with Crippen LogP contribution < -0.4 is 4.74 Å². The molecule has 2 aromatic rings. The van der Waals surface area contributed by atoms with Crippen molar-refractivity contribution < 1.29 is 19.1 Å². The van der Waals surface area contributed by atoms with E-state index < -0.39 is 5.60 Å². The van der Waals surface area contributed by atoms with Crippen molar-refractivity contribution in [3.63, 3.8) is 0 Å². The van der Waals surface area contributed by atoms with Gasteiger partial charge in [-0.2, -0.15) is 0 Å². The molecular weight excluding hydrogens is 414 g/mol. The van der Waals surface area contributed by atoms with E-state index in [0.29, 0.717) is 12.3 Å². The molecule has 1 amide bonds. The third-order valence-corrected chi connectivity index (χ3v) is 7.40. The summed E-state index contributed by atoms with van der Waals surface area (Å²) < 4.78 is 11.9.